The predicted molar refractivity (Wildman–Crippen MR) is 123 cm³/mol. The summed E-state index contributed by atoms with van der Waals surface area (Å²) >= 11 is 12.0. The summed E-state index contributed by atoms with van der Waals surface area (Å²) in [5.74, 6) is -0.207. The lowest BCUT2D eigenvalue weighted by Crippen LogP contribution is -2.30. The van der Waals surface area contributed by atoms with Gasteiger partial charge in [0, 0.05) is 13.6 Å². The largest absolute Gasteiger partial charge is 0.495 e. The summed E-state index contributed by atoms with van der Waals surface area (Å²) < 4.78 is 34.6. The van der Waals surface area contributed by atoms with E-state index in [0.29, 0.717) is 11.4 Å². The van der Waals surface area contributed by atoms with E-state index < -0.39 is 15.9 Å². The molecule has 2 aromatic carbocycles. The van der Waals surface area contributed by atoms with Crippen LogP contribution in [0.25, 0.3) is 0 Å². The molecule has 3 rings (SSSR count). The maximum Gasteiger partial charge on any atom is 0.272 e. The smallest absolute Gasteiger partial charge is 0.272 e. The molecule has 1 aromatic heterocycles. The molecular formula is C21H21Cl2N3O4S. The van der Waals surface area contributed by atoms with Crippen LogP contribution in [-0.2, 0) is 17.1 Å². The first-order chi connectivity index (χ1) is 14.7. The maximum atomic E-state index is 13.3. The molecule has 0 aliphatic rings. The van der Waals surface area contributed by atoms with E-state index >= 15 is 0 Å². The van der Waals surface area contributed by atoms with Crippen LogP contribution >= 0.6 is 23.2 Å². The topological polar surface area (TPSA) is 80.6 Å². The van der Waals surface area contributed by atoms with Gasteiger partial charge in [-0.15, -0.1) is 0 Å². The van der Waals surface area contributed by atoms with E-state index in [1.807, 2.05) is 6.07 Å². The molecule has 0 bridgehead atoms. The number of halogens is 2. The molecular weight excluding hydrogens is 461 g/mol. The number of ether oxygens (including phenoxy) is 1. The molecule has 31 heavy (non-hydrogen) atoms. The second-order valence-corrected chi connectivity index (χ2v) is 9.18. The summed E-state index contributed by atoms with van der Waals surface area (Å²) in [6, 6.07) is 14.5. The highest BCUT2D eigenvalue weighted by Crippen LogP contribution is 2.32. The van der Waals surface area contributed by atoms with Crippen molar-refractivity contribution in [3.8, 4) is 5.75 Å². The number of nitrogens with one attached hydrogen (secondary N) is 1. The number of nitrogens with zero attached hydrogens (tertiary/aromatic N) is 2. The van der Waals surface area contributed by atoms with E-state index in [4.69, 9.17) is 27.9 Å². The third-order valence-corrected chi connectivity index (χ3v) is 7.43. The van der Waals surface area contributed by atoms with Crippen molar-refractivity contribution < 1.29 is 17.9 Å². The molecule has 1 N–H and O–H groups in total. The first kappa shape index (κ1) is 23.0. The quantitative estimate of drug-likeness (QED) is 0.524. The van der Waals surface area contributed by atoms with Gasteiger partial charge in [0.1, 0.15) is 16.6 Å². The number of anilines is 2. The lowest BCUT2D eigenvalue weighted by molar-refractivity contribution is 0.101. The Morgan fingerprint density at radius 2 is 1.81 bits per heavy atom. The number of methoxy groups -OCH3 is 1. The zero-order chi connectivity index (χ0) is 22.8. The SMILES string of the molecule is CCN(c1ccccc1)S(=O)(=O)c1ccc(OC)c(NC(=O)c2cc(Cl)c(Cl)n2C)c1. The molecule has 7 nitrogen and oxygen atoms in total. The zero-order valence-electron chi connectivity index (χ0n) is 17.1. The number of sulfonamides is 1. The van der Waals surface area contributed by atoms with Crippen LogP contribution in [0.5, 0.6) is 5.75 Å². The van der Waals surface area contributed by atoms with Crippen LogP contribution in [0.4, 0.5) is 11.4 Å². The van der Waals surface area contributed by atoms with E-state index in [0.717, 1.165) is 0 Å². The summed E-state index contributed by atoms with van der Waals surface area (Å²) in [6.45, 7) is 1.99. The number of hydrogen-bond donors (Lipinski definition) is 1. The van der Waals surface area contributed by atoms with Gasteiger partial charge >= 0.3 is 0 Å². The Bertz CT molecular complexity index is 1210. The molecule has 0 unspecified atom stereocenters. The predicted octanol–water partition coefficient (Wildman–Crippen LogP) is 4.81. The number of carbonyl (C=O) groups excluding carboxylic acids is 1. The van der Waals surface area contributed by atoms with Crippen molar-refractivity contribution in [1.82, 2.24) is 4.57 Å². The van der Waals surface area contributed by atoms with Gasteiger partial charge in [0.25, 0.3) is 15.9 Å². The molecule has 1 amide bonds. The van der Waals surface area contributed by atoms with E-state index in [2.05, 4.69) is 5.32 Å². The third kappa shape index (κ3) is 4.51. The lowest BCUT2D eigenvalue weighted by Gasteiger charge is -2.23. The number of amides is 1. The third-order valence-electron chi connectivity index (χ3n) is 4.69. The average Bonchev–Trinajstić information content (AvgIpc) is 3.02. The van der Waals surface area contributed by atoms with Gasteiger partial charge in [0.05, 0.1) is 28.4 Å². The molecule has 0 fully saturated rings. The molecule has 1 heterocycles. The number of carbonyl (C=O) groups is 1. The van der Waals surface area contributed by atoms with Crippen molar-refractivity contribution >= 4 is 50.5 Å². The van der Waals surface area contributed by atoms with E-state index in [9.17, 15) is 13.2 Å². The van der Waals surface area contributed by atoms with Crippen molar-refractivity contribution in [2.45, 2.75) is 11.8 Å². The number of aromatic nitrogens is 1. The highest BCUT2D eigenvalue weighted by atomic mass is 35.5. The minimum atomic E-state index is -3.88. The minimum Gasteiger partial charge on any atom is -0.495 e. The average molecular weight is 482 g/mol. The number of rotatable bonds is 7. The Morgan fingerprint density at radius 3 is 2.35 bits per heavy atom. The van der Waals surface area contributed by atoms with Crippen LogP contribution in [0.15, 0.2) is 59.5 Å². The fourth-order valence-electron chi connectivity index (χ4n) is 3.10. The number of hydrogen-bond acceptors (Lipinski definition) is 4. The van der Waals surface area contributed by atoms with Gasteiger partial charge in [0.2, 0.25) is 0 Å². The molecule has 0 atom stereocenters. The van der Waals surface area contributed by atoms with Gasteiger partial charge in [-0.3, -0.25) is 9.10 Å². The van der Waals surface area contributed by atoms with Crippen LogP contribution in [0.2, 0.25) is 10.2 Å². The standard InChI is InChI=1S/C21H21Cl2N3O4S/c1-4-26(14-8-6-5-7-9-14)31(28,29)15-10-11-19(30-3)17(12-15)24-21(27)18-13-16(22)20(23)25(18)2/h5-13H,4H2,1-3H3,(H,24,27). The normalized spacial score (nSPS) is 11.3. The summed E-state index contributed by atoms with van der Waals surface area (Å²) in [6.07, 6.45) is 0. The number of benzene rings is 2. The highest BCUT2D eigenvalue weighted by Gasteiger charge is 2.25. The zero-order valence-corrected chi connectivity index (χ0v) is 19.4. The van der Waals surface area contributed by atoms with Crippen LogP contribution in [0, 0.1) is 0 Å². The summed E-state index contributed by atoms with van der Waals surface area (Å²) in [4.78, 5) is 12.8. The van der Waals surface area contributed by atoms with Crippen molar-refractivity contribution in [3.63, 3.8) is 0 Å². The molecule has 164 valence electrons. The minimum absolute atomic E-state index is 0.0113. The van der Waals surface area contributed by atoms with E-state index in [-0.39, 0.29) is 33.0 Å². The molecule has 10 heteroatoms. The molecule has 0 aliphatic carbocycles. The van der Waals surface area contributed by atoms with Crippen molar-refractivity contribution in [2.24, 2.45) is 7.05 Å². The van der Waals surface area contributed by atoms with Crippen molar-refractivity contribution in [3.05, 3.63) is 70.5 Å². The van der Waals surface area contributed by atoms with Gasteiger partial charge in [-0.1, -0.05) is 41.4 Å². The maximum absolute atomic E-state index is 13.3. The van der Waals surface area contributed by atoms with Crippen LogP contribution in [0.1, 0.15) is 17.4 Å². The van der Waals surface area contributed by atoms with Gasteiger partial charge < -0.3 is 14.6 Å². The summed E-state index contributed by atoms with van der Waals surface area (Å²) in [5, 5.41) is 3.14. The first-order valence-corrected chi connectivity index (χ1v) is 11.5. The van der Waals surface area contributed by atoms with Crippen LogP contribution in [0.3, 0.4) is 0 Å². The Balaban J connectivity index is 2.00. The second kappa shape index (κ2) is 9.21. The Hall–Kier alpha value is -2.68. The molecule has 0 spiro atoms. The van der Waals surface area contributed by atoms with Gasteiger partial charge in [-0.25, -0.2) is 8.42 Å². The molecule has 0 radical (unpaired) electrons. The molecule has 0 aliphatic heterocycles. The first-order valence-electron chi connectivity index (χ1n) is 9.28. The van der Waals surface area contributed by atoms with Crippen molar-refractivity contribution in [1.29, 1.82) is 0 Å². The monoisotopic (exact) mass is 481 g/mol. The fourth-order valence-corrected chi connectivity index (χ4v) is 4.98. The highest BCUT2D eigenvalue weighted by molar-refractivity contribution is 7.92. The van der Waals surface area contributed by atoms with Gasteiger partial charge in [-0.2, -0.15) is 0 Å². The van der Waals surface area contributed by atoms with Gasteiger partial charge in [0.15, 0.2) is 0 Å². The fraction of sp³-hybridized carbons (Fsp3) is 0.190. The Kier molecular flexibility index (Phi) is 6.83. The lowest BCUT2D eigenvalue weighted by atomic mass is 10.2. The number of para-hydroxylation sites is 1. The van der Waals surface area contributed by atoms with Crippen molar-refractivity contribution in [2.75, 3.05) is 23.3 Å². The molecule has 0 saturated carbocycles. The molecule has 3 aromatic rings. The van der Waals surface area contributed by atoms with E-state index in [1.165, 1.54) is 40.2 Å². The van der Waals surface area contributed by atoms with Crippen LogP contribution < -0.4 is 14.4 Å². The molecule has 0 saturated heterocycles. The summed E-state index contributed by atoms with van der Waals surface area (Å²) in [5.41, 5.74) is 0.954. The van der Waals surface area contributed by atoms with Gasteiger partial charge in [-0.05, 0) is 43.3 Å². The Labute approximate surface area is 191 Å². The van der Waals surface area contributed by atoms with Crippen LogP contribution in [-0.4, -0.2) is 32.5 Å². The summed E-state index contributed by atoms with van der Waals surface area (Å²) in [7, 11) is -0.858. The second-order valence-electron chi connectivity index (χ2n) is 6.55. The van der Waals surface area contributed by atoms with E-state index in [1.54, 1.807) is 38.2 Å². The Morgan fingerprint density at radius 1 is 1.13 bits per heavy atom.